The molecule has 0 saturated heterocycles. The number of sulfonamides is 1. The molecule has 0 bridgehead atoms. The third-order valence-corrected chi connectivity index (χ3v) is 7.21. The van der Waals surface area contributed by atoms with Gasteiger partial charge in [0, 0.05) is 24.2 Å². The average Bonchev–Trinajstić information content (AvgIpc) is 2.84. The van der Waals surface area contributed by atoms with Crippen molar-refractivity contribution in [2.45, 2.75) is 25.3 Å². The summed E-state index contributed by atoms with van der Waals surface area (Å²) in [6.07, 6.45) is 0. The number of amides is 1. The van der Waals surface area contributed by atoms with Crippen LogP contribution in [0.1, 0.15) is 29.8 Å². The zero-order chi connectivity index (χ0) is 23.8. The molecule has 1 amide bonds. The Balaban J connectivity index is 1.87. The Morgan fingerprint density at radius 3 is 2.27 bits per heavy atom. The first kappa shape index (κ1) is 24.3. The Hall–Kier alpha value is -3.36. The van der Waals surface area contributed by atoms with Crippen LogP contribution >= 0.6 is 0 Å². The first-order valence-electron chi connectivity index (χ1n) is 10.7. The fourth-order valence-corrected chi connectivity index (χ4v) is 4.88. The van der Waals surface area contributed by atoms with Crippen LogP contribution in [0.3, 0.4) is 0 Å². The van der Waals surface area contributed by atoms with Crippen molar-refractivity contribution >= 4 is 21.6 Å². The molecule has 0 saturated carbocycles. The molecule has 0 aromatic heterocycles. The van der Waals surface area contributed by atoms with Gasteiger partial charge in [0.2, 0.25) is 10.0 Å². The number of nitrogens with zero attached hydrogens (tertiary/aromatic N) is 1. The van der Waals surface area contributed by atoms with Crippen LogP contribution in [-0.4, -0.2) is 38.8 Å². The van der Waals surface area contributed by atoms with Crippen LogP contribution in [0, 0.1) is 0 Å². The number of carbonyl (C=O) groups is 1. The lowest BCUT2D eigenvalue weighted by molar-refractivity contribution is 0.102. The highest BCUT2D eigenvalue weighted by Gasteiger charge is 2.23. The molecule has 8 heteroatoms. The van der Waals surface area contributed by atoms with Crippen LogP contribution in [0.4, 0.5) is 5.69 Å². The number of ether oxygens (including phenoxy) is 2. The van der Waals surface area contributed by atoms with E-state index in [9.17, 15) is 13.2 Å². The number of nitrogens with one attached hydrogen (secondary N) is 1. The molecule has 0 fully saturated rings. The predicted molar refractivity (Wildman–Crippen MR) is 128 cm³/mol. The summed E-state index contributed by atoms with van der Waals surface area (Å²) in [7, 11) is -2.23. The van der Waals surface area contributed by atoms with Crippen molar-refractivity contribution in [3.05, 3.63) is 83.9 Å². The summed E-state index contributed by atoms with van der Waals surface area (Å²) in [5.41, 5.74) is 1.40. The third kappa shape index (κ3) is 5.71. The molecule has 1 N–H and O–H groups in total. The molecule has 0 aliphatic heterocycles. The molecule has 174 valence electrons. The smallest absolute Gasteiger partial charge is 0.256 e. The number of rotatable bonds is 10. The fraction of sp³-hybridized carbons (Fsp3) is 0.240. The van der Waals surface area contributed by atoms with Crippen LogP contribution in [0.15, 0.2) is 77.7 Å². The summed E-state index contributed by atoms with van der Waals surface area (Å²) in [5.74, 6) is 0.668. The summed E-state index contributed by atoms with van der Waals surface area (Å²) in [5, 5.41) is 2.80. The molecule has 33 heavy (non-hydrogen) atoms. The van der Waals surface area contributed by atoms with Crippen molar-refractivity contribution in [3.8, 4) is 11.5 Å². The first-order valence-corrected chi connectivity index (χ1v) is 12.1. The van der Waals surface area contributed by atoms with E-state index in [2.05, 4.69) is 5.32 Å². The molecule has 0 atom stereocenters. The second-order valence-electron chi connectivity index (χ2n) is 7.16. The molecule has 3 aromatic rings. The van der Waals surface area contributed by atoms with E-state index in [1.165, 1.54) is 29.6 Å². The van der Waals surface area contributed by atoms with Gasteiger partial charge >= 0.3 is 0 Å². The molecule has 7 nitrogen and oxygen atoms in total. The highest BCUT2D eigenvalue weighted by atomic mass is 32.2. The standard InChI is InChI=1S/C25H28N2O5S/c1-4-27(5-2)33(29,30)21-15-16-24(31-3)23(17-21)26-25(28)22-14-10-9-11-19(22)18-32-20-12-7-6-8-13-20/h6-17H,4-5,18H2,1-3H3,(H,26,28). The van der Waals surface area contributed by atoms with Crippen molar-refractivity contribution in [3.63, 3.8) is 0 Å². The van der Waals surface area contributed by atoms with Crippen LogP contribution in [0.5, 0.6) is 11.5 Å². The van der Waals surface area contributed by atoms with Gasteiger partial charge in [0.1, 0.15) is 18.1 Å². The summed E-state index contributed by atoms with van der Waals surface area (Å²) < 4.78 is 38.4. The number of para-hydroxylation sites is 1. The first-order chi connectivity index (χ1) is 15.9. The van der Waals surface area contributed by atoms with Gasteiger partial charge in [-0.1, -0.05) is 50.2 Å². The molecule has 0 radical (unpaired) electrons. The van der Waals surface area contributed by atoms with E-state index in [-0.39, 0.29) is 17.2 Å². The normalized spacial score (nSPS) is 11.3. The zero-order valence-electron chi connectivity index (χ0n) is 18.9. The van der Waals surface area contributed by atoms with Crippen LogP contribution in [-0.2, 0) is 16.6 Å². The van der Waals surface area contributed by atoms with E-state index in [1.54, 1.807) is 26.0 Å². The topological polar surface area (TPSA) is 84.9 Å². The Morgan fingerprint density at radius 2 is 1.61 bits per heavy atom. The Morgan fingerprint density at radius 1 is 0.939 bits per heavy atom. The minimum atomic E-state index is -3.69. The molecule has 0 unspecified atom stereocenters. The van der Waals surface area contributed by atoms with Crippen molar-refractivity contribution < 1.29 is 22.7 Å². The fourth-order valence-electron chi connectivity index (χ4n) is 3.39. The Kier molecular flexibility index (Phi) is 8.08. The Labute approximate surface area is 195 Å². The predicted octanol–water partition coefficient (Wildman–Crippen LogP) is 4.56. The maximum atomic E-state index is 13.1. The quantitative estimate of drug-likeness (QED) is 0.472. The summed E-state index contributed by atoms with van der Waals surface area (Å²) >= 11 is 0. The summed E-state index contributed by atoms with van der Waals surface area (Å²) in [6, 6.07) is 20.9. The summed E-state index contributed by atoms with van der Waals surface area (Å²) in [4.78, 5) is 13.2. The van der Waals surface area contributed by atoms with E-state index < -0.39 is 15.9 Å². The minimum Gasteiger partial charge on any atom is -0.495 e. The van der Waals surface area contributed by atoms with Gasteiger partial charge in [0.25, 0.3) is 5.91 Å². The van der Waals surface area contributed by atoms with Gasteiger partial charge in [-0.2, -0.15) is 4.31 Å². The monoisotopic (exact) mass is 468 g/mol. The SMILES string of the molecule is CCN(CC)S(=O)(=O)c1ccc(OC)c(NC(=O)c2ccccc2COc2ccccc2)c1. The van der Waals surface area contributed by atoms with E-state index in [1.807, 2.05) is 42.5 Å². The lowest BCUT2D eigenvalue weighted by Crippen LogP contribution is -2.30. The summed E-state index contributed by atoms with van der Waals surface area (Å²) in [6.45, 7) is 4.47. The van der Waals surface area contributed by atoms with Crippen molar-refractivity contribution in [2.24, 2.45) is 0 Å². The van der Waals surface area contributed by atoms with Crippen LogP contribution < -0.4 is 14.8 Å². The second-order valence-corrected chi connectivity index (χ2v) is 9.10. The van der Waals surface area contributed by atoms with Crippen LogP contribution in [0.25, 0.3) is 0 Å². The van der Waals surface area contributed by atoms with Crippen molar-refractivity contribution in [1.29, 1.82) is 0 Å². The molecular formula is C25H28N2O5S. The number of hydrogen-bond acceptors (Lipinski definition) is 5. The molecule has 0 heterocycles. The van der Waals surface area contributed by atoms with Gasteiger partial charge in [-0.3, -0.25) is 4.79 Å². The second kappa shape index (κ2) is 11.0. The highest BCUT2D eigenvalue weighted by Crippen LogP contribution is 2.29. The van der Waals surface area contributed by atoms with Gasteiger partial charge in [0.15, 0.2) is 0 Å². The van der Waals surface area contributed by atoms with E-state index in [4.69, 9.17) is 9.47 Å². The third-order valence-electron chi connectivity index (χ3n) is 5.16. The molecule has 3 aromatic carbocycles. The average molecular weight is 469 g/mol. The molecule has 0 spiro atoms. The van der Waals surface area contributed by atoms with Crippen molar-refractivity contribution in [2.75, 3.05) is 25.5 Å². The van der Waals surface area contributed by atoms with E-state index >= 15 is 0 Å². The van der Waals surface area contributed by atoms with Crippen molar-refractivity contribution in [1.82, 2.24) is 4.31 Å². The van der Waals surface area contributed by atoms with E-state index in [0.29, 0.717) is 35.7 Å². The molecular weight excluding hydrogens is 440 g/mol. The molecule has 0 aliphatic rings. The van der Waals surface area contributed by atoms with Gasteiger partial charge in [-0.05, 0) is 36.4 Å². The van der Waals surface area contributed by atoms with Crippen LogP contribution in [0.2, 0.25) is 0 Å². The van der Waals surface area contributed by atoms with Gasteiger partial charge in [-0.25, -0.2) is 8.42 Å². The zero-order valence-corrected chi connectivity index (χ0v) is 19.8. The Bertz CT molecular complexity index is 1190. The van der Waals surface area contributed by atoms with Gasteiger partial charge in [0.05, 0.1) is 17.7 Å². The lowest BCUT2D eigenvalue weighted by Gasteiger charge is -2.20. The number of anilines is 1. The maximum Gasteiger partial charge on any atom is 0.256 e. The lowest BCUT2D eigenvalue weighted by atomic mass is 10.1. The van der Waals surface area contributed by atoms with Gasteiger partial charge in [-0.15, -0.1) is 0 Å². The highest BCUT2D eigenvalue weighted by molar-refractivity contribution is 7.89. The molecule has 3 rings (SSSR count). The van der Waals surface area contributed by atoms with Gasteiger partial charge < -0.3 is 14.8 Å². The minimum absolute atomic E-state index is 0.0861. The largest absolute Gasteiger partial charge is 0.495 e. The number of benzene rings is 3. The number of methoxy groups -OCH3 is 1. The maximum absolute atomic E-state index is 13.1. The van der Waals surface area contributed by atoms with E-state index in [0.717, 1.165) is 0 Å². The number of carbonyl (C=O) groups excluding carboxylic acids is 1. The molecule has 0 aliphatic carbocycles. The number of hydrogen-bond donors (Lipinski definition) is 1.